The van der Waals surface area contributed by atoms with Gasteiger partial charge in [-0.15, -0.1) is 0 Å². The molecule has 0 radical (unpaired) electrons. The number of aromatic nitrogens is 1. The molecule has 11 nitrogen and oxygen atoms in total. The van der Waals surface area contributed by atoms with Crippen LogP contribution in [0.1, 0.15) is 186 Å². The first-order valence-corrected chi connectivity index (χ1v) is 24.3. The molecule has 0 saturated carbocycles. The number of amides is 3. The molecule has 356 valence electrons. The van der Waals surface area contributed by atoms with E-state index in [4.69, 9.17) is 18.9 Å². The van der Waals surface area contributed by atoms with E-state index in [9.17, 15) is 19.5 Å². The van der Waals surface area contributed by atoms with Crippen LogP contribution in [0, 0.1) is 11.8 Å². The van der Waals surface area contributed by atoms with Crippen molar-refractivity contribution in [2.45, 2.75) is 186 Å². The van der Waals surface area contributed by atoms with Crippen molar-refractivity contribution < 1.29 is 33.4 Å². The largest absolute Gasteiger partial charge is 0.444 e. The van der Waals surface area contributed by atoms with Gasteiger partial charge in [-0.2, -0.15) is 0 Å². The summed E-state index contributed by atoms with van der Waals surface area (Å²) in [5, 5.41) is 14.8. The first-order chi connectivity index (χ1) is 30.1. The third-order valence-corrected chi connectivity index (χ3v) is 15.4. The second kappa shape index (κ2) is 17.7. The van der Waals surface area contributed by atoms with Gasteiger partial charge < -0.3 is 34.1 Å². The van der Waals surface area contributed by atoms with Crippen LogP contribution in [0.25, 0.3) is 11.5 Å². The molecular formula is C54H78N4O7. The number of oxazole rings is 1. The Bertz CT molecular complexity index is 2240. The molecule has 2 saturated heterocycles. The molecule has 7 rings (SSSR count). The second-order valence-electron chi connectivity index (χ2n) is 24.1. The fourth-order valence-corrected chi connectivity index (χ4v) is 11.1. The molecular weight excluding hydrogens is 817 g/mol. The van der Waals surface area contributed by atoms with Crippen LogP contribution >= 0.6 is 0 Å². The molecule has 65 heavy (non-hydrogen) atoms. The number of piperidine rings is 2. The number of nitrogens with one attached hydrogen (secondary N) is 1. The first-order valence-electron chi connectivity index (χ1n) is 24.3. The Balaban J connectivity index is 0.974. The van der Waals surface area contributed by atoms with Gasteiger partial charge in [-0.1, -0.05) is 67.5 Å². The zero-order valence-corrected chi connectivity index (χ0v) is 41.8. The van der Waals surface area contributed by atoms with Crippen LogP contribution in [0.3, 0.4) is 0 Å². The standard InChI is InChI=1S/C54H78N4O7/c1-49(2,3)64-48(62)58-27-20-38(43(59)31-55-45(60)35-14-16-39-41(28-35)52(8,9)23-21-50(39,4)5)37(33-58)30-54(12,13)65-47(61)57-25-18-34(19-26-57)44-32-56-46(63-44)36-15-17-40-42(29-36)53(10,11)24-22-51(40,6)7/h14-17,28-29,32,34,37-38,43,59H,18-27,30-31,33H2,1-13H3,(H,55,60). The van der Waals surface area contributed by atoms with Crippen LogP contribution in [-0.4, -0.2) is 88.0 Å². The summed E-state index contributed by atoms with van der Waals surface area (Å²) in [4.78, 5) is 48.9. The molecule has 3 unspecified atom stereocenters. The highest BCUT2D eigenvalue weighted by Crippen LogP contribution is 2.48. The Labute approximate surface area is 388 Å². The number of rotatable bonds is 9. The zero-order valence-electron chi connectivity index (χ0n) is 41.8. The Hall–Kier alpha value is -4.38. The lowest BCUT2D eigenvalue weighted by atomic mass is 9.63. The molecule has 2 fully saturated rings. The quantitative estimate of drug-likeness (QED) is 0.217. The number of ether oxygens (including phenoxy) is 2. The summed E-state index contributed by atoms with van der Waals surface area (Å²) in [6.45, 7) is 29.5. The van der Waals surface area contributed by atoms with Crippen molar-refractivity contribution >= 4 is 18.1 Å². The molecule has 2 N–H and O–H groups in total. The molecule has 2 aliphatic heterocycles. The molecule has 3 amide bonds. The third kappa shape index (κ3) is 10.8. The fraction of sp³-hybridized carbons (Fsp3) is 0.667. The maximum absolute atomic E-state index is 13.8. The number of likely N-dealkylation sites (tertiary alicyclic amines) is 2. The van der Waals surface area contributed by atoms with Crippen LogP contribution in [-0.2, 0) is 31.1 Å². The Morgan fingerprint density at radius 3 is 1.89 bits per heavy atom. The van der Waals surface area contributed by atoms with Crippen molar-refractivity contribution in [2.24, 2.45) is 11.8 Å². The second-order valence-corrected chi connectivity index (χ2v) is 24.1. The van der Waals surface area contributed by atoms with Gasteiger partial charge in [0.25, 0.3) is 5.91 Å². The van der Waals surface area contributed by atoms with Gasteiger partial charge in [0.05, 0.1) is 12.3 Å². The van der Waals surface area contributed by atoms with Crippen LogP contribution in [0.15, 0.2) is 47.0 Å². The number of nitrogens with zero attached hydrogens (tertiary/aromatic N) is 3. The summed E-state index contributed by atoms with van der Waals surface area (Å²) >= 11 is 0. The topological polar surface area (TPSA) is 134 Å². The molecule has 3 heterocycles. The minimum Gasteiger partial charge on any atom is -0.444 e. The Morgan fingerprint density at radius 1 is 0.754 bits per heavy atom. The third-order valence-electron chi connectivity index (χ3n) is 15.4. The van der Waals surface area contributed by atoms with Crippen molar-refractivity contribution in [3.8, 4) is 11.5 Å². The average Bonchev–Trinajstić information content (AvgIpc) is 3.73. The minimum absolute atomic E-state index is 0.0381. The molecule has 0 spiro atoms. The Morgan fingerprint density at radius 2 is 1.29 bits per heavy atom. The van der Waals surface area contributed by atoms with Gasteiger partial charge in [-0.3, -0.25) is 4.79 Å². The first kappa shape index (κ1) is 48.6. The summed E-state index contributed by atoms with van der Waals surface area (Å²) in [7, 11) is 0. The average molecular weight is 895 g/mol. The molecule has 1 aromatic heterocycles. The number of fused-ring (bicyclic) bond motifs is 2. The van der Waals surface area contributed by atoms with Crippen LogP contribution in [0.4, 0.5) is 9.59 Å². The maximum atomic E-state index is 13.8. The van der Waals surface area contributed by atoms with E-state index in [2.05, 4.69) is 85.0 Å². The van der Waals surface area contributed by atoms with Crippen LogP contribution < -0.4 is 5.32 Å². The van der Waals surface area contributed by atoms with Crippen molar-refractivity contribution in [3.05, 3.63) is 76.2 Å². The van der Waals surface area contributed by atoms with Gasteiger partial charge in [0.2, 0.25) is 5.89 Å². The number of hydrogen-bond acceptors (Lipinski definition) is 8. The lowest BCUT2D eigenvalue weighted by Gasteiger charge is -2.43. The van der Waals surface area contributed by atoms with E-state index in [0.717, 1.165) is 49.8 Å². The van der Waals surface area contributed by atoms with Crippen molar-refractivity contribution in [2.75, 3.05) is 32.7 Å². The molecule has 4 aliphatic rings. The SMILES string of the molecule is CC(C)(C)OC(=O)N1CCC(C(O)CNC(=O)c2ccc3c(c2)C(C)(C)CCC3(C)C)C(CC(C)(C)OC(=O)N2CCC(c3cnc(-c4ccc5c(c4)C(C)(C)CCC5(C)C)o3)CC2)C1. The molecule has 2 aromatic carbocycles. The van der Waals surface area contributed by atoms with E-state index < -0.39 is 23.4 Å². The highest BCUT2D eigenvalue weighted by atomic mass is 16.6. The molecule has 2 aliphatic carbocycles. The molecule has 0 bridgehead atoms. The smallest absolute Gasteiger partial charge is 0.410 e. The van der Waals surface area contributed by atoms with E-state index >= 15 is 0 Å². The van der Waals surface area contributed by atoms with Gasteiger partial charge >= 0.3 is 12.2 Å². The number of benzene rings is 2. The number of aliphatic hydroxyl groups is 1. The zero-order chi connectivity index (χ0) is 47.5. The fourth-order valence-electron chi connectivity index (χ4n) is 11.1. The normalized spacial score (nSPS) is 23.2. The van der Waals surface area contributed by atoms with Crippen LogP contribution in [0.5, 0.6) is 0 Å². The Kier molecular flexibility index (Phi) is 13.2. The number of carbonyl (C=O) groups is 3. The van der Waals surface area contributed by atoms with Gasteiger partial charge in [-0.05, 0) is 166 Å². The van der Waals surface area contributed by atoms with Gasteiger partial charge in [0, 0.05) is 49.8 Å². The number of aliphatic hydroxyl groups excluding tert-OH is 1. The van der Waals surface area contributed by atoms with Crippen molar-refractivity contribution in [3.63, 3.8) is 0 Å². The van der Waals surface area contributed by atoms with E-state index in [1.54, 1.807) is 9.80 Å². The number of carbonyl (C=O) groups excluding carboxylic acids is 3. The summed E-state index contributed by atoms with van der Waals surface area (Å²) in [6, 6.07) is 12.7. The van der Waals surface area contributed by atoms with Crippen LogP contribution in [0.2, 0.25) is 0 Å². The van der Waals surface area contributed by atoms with Gasteiger partial charge in [0.1, 0.15) is 17.0 Å². The maximum Gasteiger partial charge on any atom is 0.410 e. The lowest BCUT2D eigenvalue weighted by Crippen LogP contribution is -2.52. The summed E-state index contributed by atoms with van der Waals surface area (Å²) in [6.07, 6.45) is 6.97. The molecule has 11 heteroatoms. The molecule has 3 atom stereocenters. The summed E-state index contributed by atoms with van der Waals surface area (Å²) < 4.78 is 18.4. The van der Waals surface area contributed by atoms with E-state index in [-0.39, 0.29) is 58.0 Å². The van der Waals surface area contributed by atoms with E-state index in [0.29, 0.717) is 50.5 Å². The summed E-state index contributed by atoms with van der Waals surface area (Å²) in [5.41, 5.74) is 5.49. The van der Waals surface area contributed by atoms with Crippen molar-refractivity contribution in [1.29, 1.82) is 0 Å². The monoisotopic (exact) mass is 895 g/mol. The van der Waals surface area contributed by atoms with Crippen molar-refractivity contribution in [1.82, 2.24) is 20.1 Å². The summed E-state index contributed by atoms with van der Waals surface area (Å²) in [5.74, 6) is 0.880. The predicted molar refractivity (Wildman–Crippen MR) is 255 cm³/mol. The van der Waals surface area contributed by atoms with Gasteiger partial charge in [-0.25, -0.2) is 14.6 Å². The minimum atomic E-state index is -0.918. The highest BCUT2D eigenvalue weighted by Gasteiger charge is 2.43. The predicted octanol–water partition coefficient (Wildman–Crippen LogP) is 11.2. The van der Waals surface area contributed by atoms with Gasteiger partial charge in [0.15, 0.2) is 0 Å². The molecule has 3 aromatic rings. The lowest BCUT2D eigenvalue weighted by molar-refractivity contribution is -0.0466. The van der Waals surface area contributed by atoms with E-state index in [1.807, 2.05) is 52.9 Å². The highest BCUT2D eigenvalue weighted by molar-refractivity contribution is 5.94. The van der Waals surface area contributed by atoms with E-state index in [1.165, 1.54) is 22.3 Å². The number of hydrogen-bond donors (Lipinski definition) is 2.